The highest BCUT2D eigenvalue weighted by Gasteiger charge is 2.17. The molecule has 2 aromatic carbocycles. The number of ketones is 1. The van der Waals surface area contributed by atoms with Crippen LogP contribution in [0.5, 0.6) is 0 Å². The Bertz CT molecular complexity index is 954. The molecule has 6 nitrogen and oxygen atoms in total. The van der Waals surface area contributed by atoms with Crippen molar-refractivity contribution in [1.82, 2.24) is 0 Å². The number of carbonyl (C=O) groups is 1. The molecule has 0 aliphatic rings. The maximum absolute atomic E-state index is 12.0. The fourth-order valence-electron chi connectivity index (χ4n) is 1.77. The number of carbonyl (C=O) groups excluding carboxylic acids is 1. The lowest BCUT2D eigenvalue weighted by atomic mass is 10.1. The summed E-state index contributed by atoms with van der Waals surface area (Å²) in [5.74, 6) is -0.759. The van der Waals surface area contributed by atoms with Crippen molar-refractivity contribution in [2.75, 3.05) is 0 Å². The molecule has 126 valence electrons. The van der Waals surface area contributed by atoms with E-state index in [0.29, 0.717) is 0 Å². The summed E-state index contributed by atoms with van der Waals surface area (Å²) in [6, 6.07) is 16.4. The van der Waals surface area contributed by atoms with Gasteiger partial charge in [-0.2, -0.15) is 13.7 Å². The van der Waals surface area contributed by atoms with Gasteiger partial charge in [-0.25, -0.2) is 0 Å². The number of hydrogen-bond donors (Lipinski definition) is 0. The molecule has 2 rings (SSSR count). The fraction of sp³-hybridized carbons (Fsp3) is 0.0556. The van der Waals surface area contributed by atoms with Crippen molar-refractivity contribution in [3.05, 3.63) is 71.8 Å². The minimum absolute atomic E-state index is 0.119. The number of benzene rings is 2. The third kappa shape index (κ3) is 5.12. The number of hydrogen-bond acceptors (Lipinski definition) is 6. The first kappa shape index (κ1) is 18.1. The zero-order valence-corrected chi connectivity index (χ0v) is 14.1. The van der Waals surface area contributed by atoms with Gasteiger partial charge in [0.15, 0.2) is 0 Å². The quantitative estimate of drug-likeness (QED) is 0.451. The molecule has 0 saturated heterocycles. The van der Waals surface area contributed by atoms with Crippen molar-refractivity contribution in [3.63, 3.8) is 0 Å². The topological polar surface area (TPSA) is 96.6 Å². The first-order chi connectivity index (χ1) is 11.9. The van der Waals surface area contributed by atoms with E-state index in [-0.39, 0.29) is 4.90 Å². The Balaban J connectivity index is 2.14. The van der Waals surface area contributed by atoms with E-state index in [1.165, 1.54) is 24.3 Å². The van der Waals surface area contributed by atoms with Crippen LogP contribution < -0.4 is 0 Å². The van der Waals surface area contributed by atoms with E-state index in [1.807, 2.05) is 6.07 Å². The minimum Gasteiger partial charge on any atom is -0.287 e. The van der Waals surface area contributed by atoms with Crippen LogP contribution in [0.2, 0.25) is 0 Å². The molecule has 0 amide bonds. The summed E-state index contributed by atoms with van der Waals surface area (Å²) < 4.78 is 28.5. The normalized spacial score (nSPS) is 11.9. The van der Waals surface area contributed by atoms with E-state index in [1.54, 1.807) is 43.3 Å². The van der Waals surface area contributed by atoms with E-state index in [0.717, 1.165) is 17.2 Å². The Kier molecular flexibility index (Phi) is 5.82. The summed E-state index contributed by atoms with van der Waals surface area (Å²) in [6.45, 7) is 1.81. The highest BCUT2D eigenvalue weighted by atomic mass is 32.2. The molecular weight excluding hydrogens is 340 g/mol. The van der Waals surface area contributed by atoms with Gasteiger partial charge < -0.3 is 0 Å². The lowest BCUT2D eigenvalue weighted by Gasteiger charge is -2.01. The first-order valence-electron chi connectivity index (χ1n) is 7.18. The highest BCUT2D eigenvalue weighted by Crippen LogP contribution is 2.13. The predicted octanol–water partition coefficient (Wildman–Crippen LogP) is 2.86. The van der Waals surface area contributed by atoms with Crippen molar-refractivity contribution in [2.24, 2.45) is 5.16 Å². The standard InChI is InChI=1S/C18H14N2O4S/c1-14-7-10-16(11-8-14)25(22,23)24-20-17(13-19)18(21)12-9-15-5-3-2-4-6-15/h2-12H,1H3. The molecule has 0 aliphatic carbocycles. The predicted molar refractivity (Wildman–Crippen MR) is 93.0 cm³/mol. The van der Waals surface area contributed by atoms with Crippen molar-refractivity contribution >= 4 is 27.7 Å². The summed E-state index contributed by atoms with van der Waals surface area (Å²) in [4.78, 5) is 11.8. The molecule has 0 bridgehead atoms. The summed E-state index contributed by atoms with van der Waals surface area (Å²) in [5.41, 5.74) is 0.964. The van der Waals surface area contributed by atoms with Gasteiger partial charge in [0.05, 0.1) is 0 Å². The van der Waals surface area contributed by atoms with E-state index in [9.17, 15) is 13.2 Å². The first-order valence-corrected chi connectivity index (χ1v) is 8.59. The van der Waals surface area contributed by atoms with Crippen LogP contribution in [0.1, 0.15) is 11.1 Å². The fourth-order valence-corrected chi connectivity index (χ4v) is 2.50. The van der Waals surface area contributed by atoms with Crippen molar-refractivity contribution in [2.45, 2.75) is 11.8 Å². The molecule has 0 unspecified atom stereocenters. The summed E-state index contributed by atoms with van der Waals surface area (Å²) in [5, 5.41) is 12.2. The van der Waals surface area contributed by atoms with Crippen LogP contribution in [0.4, 0.5) is 0 Å². The largest absolute Gasteiger partial charge is 0.358 e. The highest BCUT2D eigenvalue weighted by molar-refractivity contribution is 7.86. The number of aryl methyl sites for hydroxylation is 1. The Morgan fingerprint density at radius 2 is 1.76 bits per heavy atom. The Morgan fingerprint density at radius 3 is 2.36 bits per heavy atom. The third-order valence-electron chi connectivity index (χ3n) is 3.10. The average Bonchev–Trinajstić information content (AvgIpc) is 2.61. The molecule has 0 spiro atoms. The molecule has 2 aromatic rings. The molecule has 0 atom stereocenters. The van der Waals surface area contributed by atoms with Gasteiger partial charge in [-0.1, -0.05) is 54.1 Å². The van der Waals surface area contributed by atoms with Crippen LogP contribution in [-0.2, 0) is 19.2 Å². The second-order valence-electron chi connectivity index (χ2n) is 5.00. The van der Waals surface area contributed by atoms with Crippen LogP contribution >= 0.6 is 0 Å². The maximum Gasteiger partial charge on any atom is 0.358 e. The van der Waals surface area contributed by atoms with Gasteiger partial charge in [0.1, 0.15) is 11.0 Å². The van der Waals surface area contributed by atoms with Gasteiger partial charge in [-0.15, -0.1) is 0 Å². The van der Waals surface area contributed by atoms with Crippen LogP contribution in [0.25, 0.3) is 6.08 Å². The maximum atomic E-state index is 12.0. The molecule has 25 heavy (non-hydrogen) atoms. The zero-order chi connectivity index (χ0) is 18.3. The van der Waals surface area contributed by atoms with E-state index < -0.39 is 21.6 Å². The summed E-state index contributed by atoms with van der Waals surface area (Å²) in [7, 11) is -4.20. The number of nitriles is 1. The molecule has 0 aromatic heterocycles. The second-order valence-corrected chi connectivity index (χ2v) is 6.53. The molecule has 0 heterocycles. The Morgan fingerprint density at radius 1 is 1.12 bits per heavy atom. The molecule has 0 radical (unpaired) electrons. The van der Waals surface area contributed by atoms with Crippen LogP contribution in [-0.4, -0.2) is 19.9 Å². The average molecular weight is 354 g/mol. The van der Waals surface area contributed by atoms with Crippen LogP contribution in [0.15, 0.2) is 70.7 Å². The van der Waals surface area contributed by atoms with Crippen molar-refractivity contribution in [3.8, 4) is 6.07 Å². The lowest BCUT2D eigenvalue weighted by molar-refractivity contribution is -0.108. The van der Waals surface area contributed by atoms with Gasteiger partial charge in [-0.3, -0.25) is 9.08 Å². The Labute approximate surface area is 145 Å². The molecule has 0 aliphatic heterocycles. The van der Waals surface area contributed by atoms with Gasteiger partial charge in [0.2, 0.25) is 11.5 Å². The number of nitrogens with zero attached hydrogens (tertiary/aromatic N) is 2. The molecule has 0 fully saturated rings. The van der Waals surface area contributed by atoms with Gasteiger partial charge in [-0.05, 0) is 35.9 Å². The SMILES string of the molecule is Cc1ccc(S(=O)(=O)ON=C(C#N)C(=O)C=Cc2ccccc2)cc1. The van der Waals surface area contributed by atoms with Crippen molar-refractivity contribution in [1.29, 1.82) is 5.26 Å². The van der Waals surface area contributed by atoms with E-state index in [2.05, 4.69) is 9.44 Å². The zero-order valence-electron chi connectivity index (χ0n) is 13.3. The smallest absolute Gasteiger partial charge is 0.287 e. The van der Waals surface area contributed by atoms with Crippen molar-refractivity contribution < 1.29 is 17.5 Å². The van der Waals surface area contributed by atoms with E-state index >= 15 is 0 Å². The molecule has 0 saturated carbocycles. The van der Waals surface area contributed by atoms with Gasteiger partial charge >= 0.3 is 10.1 Å². The molecule has 7 heteroatoms. The third-order valence-corrected chi connectivity index (χ3v) is 4.22. The van der Waals surface area contributed by atoms with Gasteiger partial charge in [0.25, 0.3) is 0 Å². The van der Waals surface area contributed by atoms with E-state index in [4.69, 9.17) is 5.26 Å². The number of allylic oxidation sites excluding steroid dienone is 1. The van der Waals surface area contributed by atoms with Crippen LogP contribution in [0, 0.1) is 18.3 Å². The van der Waals surface area contributed by atoms with Gasteiger partial charge in [0, 0.05) is 0 Å². The molecule has 0 N–H and O–H groups in total. The lowest BCUT2D eigenvalue weighted by Crippen LogP contribution is -2.11. The summed E-state index contributed by atoms with van der Waals surface area (Å²) >= 11 is 0. The number of rotatable bonds is 6. The Hall–Kier alpha value is -3.24. The number of oxime groups is 1. The minimum atomic E-state index is -4.20. The summed E-state index contributed by atoms with van der Waals surface area (Å²) in [6.07, 6.45) is 2.61. The molecular formula is C18H14N2O4S. The second kappa shape index (κ2) is 8.04. The monoisotopic (exact) mass is 354 g/mol. The van der Waals surface area contributed by atoms with Crippen LogP contribution in [0.3, 0.4) is 0 Å².